The molecule has 1 aliphatic rings. The van der Waals surface area contributed by atoms with Crippen molar-refractivity contribution in [3.05, 3.63) is 57.6 Å². The number of hydrogen-bond acceptors (Lipinski definition) is 5. The van der Waals surface area contributed by atoms with Crippen molar-refractivity contribution in [3.63, 3.8) is 0 Å². The molecule has 0 bridgehead atoms. The summed E-state index contributed by atoms with van der Waals surface area (Å²) in [6, 6.07) is 6.59. The van der Waals surface area contributed by atoms with Crippen molar-refractivity contribution >= 4 is 33.4 Å². The van der Waals surface area contributed by atoms with Gasteiger partial charge in [0.15, 0.2) is 0 Å². The maximum Gasteiger partial charge on any atom is 0.408 e. The smallest absolute Gasteiger partial charge is 0.408 e. The third-order valence-electron chi connectivity index (χ3n) is 5.71. The van der Waals surface area contributed by atoms with Crippen LogP contribution in [0.4, 0.5) is 9.18 Å². The van der Waals surface area contributed by atoms with Gasteiger partial charge in [0.1, 0.15) is 18.0 Å². The van der Waals surface area contributed by atoms with Gasteiger partial charge in [-0.3, -0.25) is 9.59 Å². The van der Waals surface area contributed by atoms with Crippen LogP contribution in [0.15, 0.2) is 40.6 Å². The number of aromatic nitrogens is 1. The van der Waals surface area contributed by atoms with Crippen LogP contribution < -0.4 is 10.9 Å². The molecule has 3 heterocycles. The highest BCUT2D eigenvalue weighted by Gasteiger charge is 2.43. The molecule has 4 rings (SSSR count). The summed E-state index contributed by atoms with van der Waals surface area (Å²) < 4.78 is 21.2. The number of carbonyl (C=O) groups excluding carboxylic acids is 2. The zero-order valence-corrected chi connectivity index (χ0v) is 20.7. The highest BCUT2D eigenvalue weighted by Crippen LogP contribution is 2.32. The molecule has 1 saturated heterocycles. The van der Waals surface area contributed by atoms with Crippen LogP contribution in [0, 0.1) is 12.7 Å². The SMILES string of the molecule is Cc1cc(-c2csc3ccn(CC(=O)N4CC(C)(NC(=O)OC(C)(C)C)C4)c(=O)c23)ccc1F. The molecule has 1 aliphatic heterocycles. The highest BCUT2D eigenvalue weighted by molar-refractivity contribution is 7.17. The molecule has 1 fully saturated rings. The van der Waals surface area contributed by atoms with Crippen LogP contribution in [0.25, 0.3) is 21.2 Å². The van der Waals surface area contributed by atoms with E-state index in [1.165, 1.54) is 22.0 Å². The molecule has 1 N–H and O–H groups in total. The van der Waals surface area contributed by atoms with E-state index in [-0.39, 0.29) is 23.8 Å². The van der Waals surface area contributed by atoms with E-state index in [0.717, 1.165) is 15.8 Å². The number of benzene rings is 1. The Balaban J connectivity index is 1.48. The summed E-state index contributed by atoms with van der Waals surface area (Å²) in [4.78, 5) is 39.8. The minimum absolute atomic E-state index is 0.102. The van der Waals surface area contributed by atoms with Crippen molar-refractivity contribution < 1.29 is 18.7 Å². The van der Waals surface area contributed by atoms with Gasteiger partial charge in [-0.05, 0) is 63.9 Å². The van der Waals surface area contributed by atoms with Crippen LogP contribution >= 0.6 is 11.3 Å². The summed E-state index contributed by atoms with van der Waals surface area (Å²) in [6.45, 7) is 9.46. The largest absolute Gasteiger partial charge is 0.444 e. The van der Waals surface area contributed by atoms with Crippen LogP contribution in [0.3, 0.4) is 0 Å². The number of amides is 2. The van der Waals surface area contributed by atoms with E-state index < -0.39 is 17.2 Å². The minimum atomic E-state index is -0.605. The number of carbonyl (C=O) groups is 2. The van der Waals surface area contributed by atoms with E-state index >= 15 is 0 Å². The van der Waals surface area contributed by atoms with E-state index in [1.807, 2.05) is 18.4 Å². The lowest BCUT2D eigenvalue weighted by molar-refractivity contribution is -0.140. The molecule has 180 valence electrons. The van der Waals surface area contributed by atoms with Gasteiger partial charge in [-0.1, -0.05) is 6.07 Å². The number of halogens is 1. The Bertz CT molecular complexity index is 1330. The first kappa shape index (κ1) is 23.9. The predicted octanol–water partition coefficient (Wildman–Crippen LogP) is 4.30. The van der Waals surface area contributed by atoms with E-state index in [4.69, 9.17) is 4.74 Å². The first-order valence-electron chi connectivity index (χ1n) is 11.0. The van der Waals surface area contributed by atoms with Crippen molar-refractivity contribution in [3.8, 4) is 11.1 Å². The Kier molecular flexibility index (Phi) is 6.01. The van der Waals surface area contributed by atoms with Crippen LogP contribution in [0.1, 0.15) is 33.3 Å². The molecular formula is C25H28FN3O4S. The molecule has 2 aromatic heterocycles. The molecule has 0 aliphatic carbocycles. The zero-order valence-electron chi connectivity index (χ0n) is 19.9. The Morgan fingerprint density at radius 3 is 2.59 bits per heavy atom. The minimum Gasteiger partial charge on any atom is -0.444 e. The van der Waals surface area contributed by atoms with Gasteiger partial charge >= 0.3 is 6.09 Å². The first-order chi connectivity index (χ1) is 15.8. The van der Waals surface area contributed by atoms with Crippen molar-refractivity contribution in [1.29, 1.82) is 0 Å². The van der Waals surface area contributed by atoms with E-state index in [2.05, 4.69) is 5.32 Å². The molecule has 7 nitrogen and oxygen atoms in total. The fourth-order valence-electron chi connectivity index (χ4n) is 4.08. The van der Waals surface area contributed by atoms with Gasteiger partial charge in [-0.25, -0.2) is 9.18 Å². The summed E-state index contributed by atoms with van der Waals surface area (Å²) in [7, 11) is 0. The van der Waals surface area contributed by atoms with Crippen LogP contribution in [-0.2, 0) is 16.1 Å². The average molecular weight is 486 g/mol. The number of nitrogens with zero attached hydrogens (tertiary/aromatic N) is 2. The lowest BCUT2D eigenvalue weighted by Gasteiger charge is -2.48. The summed E-state index contributed by atoms with van der Waals surface area (Å²) in [5.41, 5.74) is 0.551. The van der Waals surface area contributed by atoms with E-state index in [1.54, 1.807) is 50.9 Å². The molecule has 0 unspecified atom stereocenters. The quantitative estimate of drug-likeness (QED) is 0.597. The van der Waals surface area contributed by atoms with Gasteiger partial charge in [-0.15, -0.1) is 11.3 Å². The number of alkyl carbamates (subject to hydrolysis) is 1. The maximum atomic E-state index is 13.7. The highest BCUT2D eigenvalue weighted by atomic mass is 32.1. The monoisotopic (exact) mass is 485 g/mol. The number of rotatable bonds is 4. The lowest BCUT2D eigenvalue weighted by atomic mass is 9.92. The second kappa shape index (κ2) is 8.54. The molecule has 2 amide bonds. The zero-order chi connectivity index (χ0) is 24.8. The summed E-state index contributed by atoms with van der Waals surface area (Å²) in [6.07, 6.45) is 1.10. The molecule has 0 atom stereocenters. The molecule has 9 heteroatoms. The summed E-state index contributed by atoms with van der Waals surface area (Å²) in [5.74, 6) is -0.506. The van der Waals surface area contributed by atoms with Crippen LogP contribution in [-0.4, -0.2) is 45.7 Å². The van der Waals surface area contributed by atoms with Crippen molar-refractivity contribution in [2.75, 3.05) is 13.1 Å². The van der Waals surface area contributed by atoms with Gasteiger partial charge < -0.3 is 19.5 Å². The van der Waals surface area contributed by atoms with Crippen molar-refractivity contribution in [1.82, 2.24) is 14.8 Å². The maximum absolute atomic E-state index is 13.7. The van der Waals surface area contributed by atoms with E-state index in [0.29, 0.717) is 24.0 Å². The van der Waals surface area contributed by atoms with E-state index in [9.17, 15) is 18.8 Å². The van der Waals surface area contributed by atoms with Gasteiger partial charge in [-0.2, -0.15) is 0 Å². The van der Waals surface area contributed by atoms with Crippen LogP contribution in [0.2, 0.25) is 0 Å². The van der Waals surface area contributed by atoms with Crippen molar-refractivity contribution in [2.24, 2.45) is 0 Å². The topological polar surface area (TPSA) is 80.6 Å². The predicted molar refractivity (Wildman–Crippen MR) is 131 cm³/mol. The summed E-state index contributed by atoms with van der Waals surface area (Å²) in [5, 5.41) is 5.22. The number of fused-ring (bicyclic) bond motifs is 1. The first-order valence-corrected chi connectivity index (χ1v) is 11.9. The second-order valence-electron chi connectivity index (χ2n) is 10.0. The number of likely N-dealkylation sites (tertiary alicyclic amines) is 1. The number of aryl methyl sites for hydroxylation is 1. The number of nitrogens with one attached hydrogen (secondary N) is 1. The number of pyridine rings is 1. The summed E-state index contributed by atoms with van der Waals surface area (Å²) >= 11 is 1.44. The molecular weight excluding hydrogens is 457 g/mol. The Morgan fingerprint density at radius 2 is 1.94 bits per heavy atom. The normalized spacial score (nSPS) is 15.2. The Hall–Kier alpha value is -3.20. The third-order valence-corrected chi connectivity index (χ3v) is 6.66. The molecule has 1 aromatic carbocycles. The number of ether oxygens (including phenoxy) is 1. The molecule has 34 heavy (non-hydrogen) atoms. The fourth-order valence-corrected chi connectivity index (χ4v) is 5.03. The molecule has 0 radical (unpaired) electrons. The average Bonchev–Trinajstić information content (AvgIpc) is 3.13. The van der Waals surface area contributed by atoms with Gasteiger partial charge in [0.25, 0.3) is 5.56 Å². The third kappa shape index (κ3) is 4.84. The number of thiophene rings is 1. The van der Waals surface area contributed by atoms with Crippen molar-refractivity contribution in [2.45, 2.75) is 52.3 Å². The second-order valence-corrected chi connectivity index (χ2v) is 10.9. The Morgan fingerprint density at radius 1 is 1.24 bits per heavy atom. The molecule has 3 aromatic rings. The molecule has 0 saturated carbocycles. The lowest BCUT2D eigenvalue weighted by Crippen LogP contribution is -2.70. The van der Waals surface area contributed by atoms with Crippen LogP contribution in [0.5, 0.6) is 0 Å². The number of hydrogen-bond donors (Lipinski definition) is 1. The van der Waals surface area contributed by atoms with Gasteiger partial charge in [0.2, 0.25) is 5.91 Å². The van der Waals surface area contributed by atoms with Gasteiger partial charge in [0, 0.05) is 34.9 Å². The Labute approximate surface area is 201 Å². The fraction of sp³-hybridized carbons (Fsp3) is 0.400. The standard InChI is InChI=1S/C25H28FN3O4S/c1-15-10-16(6-7-18(15)26)17-12-34-19-8-9-28(22(31)21(17)19)11-20(30)29-13-25(5,14-29)27-23(32)33-24(2,3)4/h6-10,12H,11,13-14H2,1-5H3,(H,27,32). The van der Waals surface area contributed by atoms with Gasteiger partial charge in [0.05, 0.1) is 10.9 Å². The molecule has 0 spiro atoms.